The number of ether oxygens (including phenoxy) is 2. The van der Waals surface area contributed by atoms with Gasteiger partial charge in [0.1, 0.15) is 0 Å². The first-order chi connectivity index (χ1) is 11.2. The van der Waals surface area contributed by atoms with Crippen LogP contribution in [0.4, 0.5) is 0 Å². The predicted octanol–water partition coefficient (Wildman–Crippen LogP) is 3.17. The molecule has 118 valence electrons. The summed E-state index contributed by atoms with van der Waals surface area (Å²) < 4.78 is 11.6. The highest BCUT2D eigenvalue weighted by molar-refractivity contribution is 9.10. The number of rotatable bonds is 5. The van der Waals surface area contributed by atoms with Crippen LogP contribution in [0.1, 0.15) is 5.56 Å². The second-order valence-corrected chi connectivity index (χ2v) is 5.66. The summed E-state index contributed by atoms with van der Waals surface area (Å²) in [5.74, 6) is 1.84. The Balaban J connectivity index is 1.86. The summed E-state index contributed by atoms with van der Waals surface area (Å²) in [7, 11) is 3.20. The summed E-state index contributed by atoms with van der Waals surface area (Å²) in [6, 6.07) is 13.5. The molecule has 0 amide bonds. The van der Waals surface area contributed by atoms with Gasteiger partial charge in [0.2, 0.25) is 5.82 Å². The second-order valence-electron chi connectivity index (χ2n) is 4.80. The SMILES string of the molecule is COc1ccc(-c2nnn(Cc3ccccc3Br)n2)cc1OC. The highest BCUT2D eigenvalue weighted by Crippen LogP contribution is 2.30. The highest BCUT2D eigenvalue weighted by Gasteiger charge is 2.11. The van der Waals surface area contributed by atoms with Gasteiger partial charge in [-0.25, -0.2) is 0 Å². The Hall–Kier alpha value is -2.41. The standard InChI is InChI=1S/C16H15BrN4O2/c1-22-14-8-7-11(9-15(14)23-2)16-18-20-21(19-16)10-12-5-3-4-6-13(12)17/h3-9H,10H2,1-2H3. The molecule has 0 radical (unpaired) electrons. The molecule has 2 aromatic carbocycles. The minimum Gasteiger partial charge on any atom is -0.493 e. The molecule has 7 heteroatoms. The Labute approximate surface area is 142 Å². The first-order valence-electron chi connectivity index (χ1n) is 6.95. The molecule has 3 aromatic rings. The number of methoxy groups -OCH3 is 2. The van der Waals surface area contributed by atoms with E-state index in [1.807, 2.05) is 42.5 Å². The molecule has 0 aliphatic heterocycles. The Bertz CT molecular complexity index is 819. The van der Waals surface area contributed by atoms with Gasteiger partial charge >= 0.3 is 0 Å². The van der Waals surface area contributed by atoms with Crippen LogP contribution in [-0.4, -0.2) is 34.4 Å². The lowest BCUT2D eigenvalue weighted by Gasteiger charge is -2.07. The van der Waals surface area contributed by atoms with Gasteiger partial charge in [0.25, 0.3) is 0 Å². The highest BCUT2D eigenvalue weighted by atomic mass is 79.9. The molecular weight excluding hydrogens is 360 g/mol. The van der Waals surface area contributed by atoms with E-state index in [0.29, 0.717) is 23.9 Å². The van der Waals surface area contributed by atoms with E-state index in [1.54, 1.807) is 19.0 Å². The normalized spacial score (nSPS) is 10.6. The molecule has 3 rings (SSSR count). The van der Waals surface area contributed by atoms with Crippen molar-refractivity contribution in [2.75, 3.05) is 14.2 Å². The van der Waals surface area contributed by atoms with Gasteiger partial charge in [-0.15, -0.1) is 10.2 Å². The molecule has 0 aliphatic rings. The van der Waals surface area contributed by atoms with Crippen LogP contribution in [0.5, 0.6) is 11.5 Å². The van der Waals surface area contributed by atoms with Crippen molar-refractivity contribution in [2.24, 2.45) is 0 Å². The lowest BCUT2D eigenvalue weighted by atomic mass is 10.2. The summed E-state index contributed by atoms with van der Waals surface area (Å²) in [5.41, 5.74) is 1.91. The van der Waals surface area contributed by atoms with E-state index in [0.717, 1.165) is 15.6 Å². The number of nitrogens with zero attached hydrogens (tertiary/aromatic N) is 4. The van der Waals surface area contributed by atoms with Crippen molar-refractivity contribution in [2.45, 2.75) is 6.54 Å². The third-order valence-corrected chi connectivity index (χ3v) is 4.14. The van der Waals surface area contributed by atoms with Crippen molar-refractivity contribution in [3.8, 4) is 22.9 Å². The van der Waals surface area contributed by atoms with Crippen LogP contribution >= 0.6 is 15.9 Å². The van der Waals surface area contributed by atoms with E-state index in [1.165, 1.54) is 0 Å². The maximum Gasteiger partial charge on any atom is 0.205 e. The fourth-order valence-electron chi connectivity index (χ4n) is 2.18. The fraction of sp³-hybridized carbons (Fsp3) is 0.188. The zero-order chi connectivity index (χ0) is 16.2. The second kappa shape index (κ2) is 6.78. The van der Waals surface area contributed by atoms with Crippen LogP contribution in [0, 0.1) is 0 Å². The lowest BCUT2D eigenvalue weighted by molar-refractivity contribution is 0.355. The molecule has 23 heavy (non-hydrogen) atoms. The van der Waals surface area contributed by atoms with Crippen LogP contribution in [0.3, 0.4) is 0 Å². The van der Waals surface area contributed by atoms with E-state index in [-0.39, 0.29) is 0 Å². The van der Waals surface area contributed by atoms with Gasteiger partial charge in [0, 0.05) is 10.0 Å². The smallest absolute Gasteiger partial charge is 0.205 e. The van der Waals surface area contributed by atoms with Gasteiger partial charge in [-0.1, -0.05) is 34.1 Å². The van der Waals surface area contributed by atoms with E-state index >= 15 is 0 Å². The largest absolute Gasteiger partial charge is 0.493 e. The predicted molar refractivity (Wildman–Crippen MR) is 89.6 cm³/mol. The van der Waals surface area contributed by atoms with Gasteiger partial charge in [0.15, 0.2) is 11.5 Å². The molecule has 1 heterocycles. The minimum absolute atomic E-state index is 0.540. The average Bonchev–Trinajstić information content (AvgIpc) is 3.05. The number of tetrazole rings is 1. The first kappa shape index (κ1) is 15.5. The van der Waals surface area contributed by atoms with Crippen molar-refractivity contribution in [3.05, 3.63) is 52.5 Å². The van der Waals surface area contributed by atoms with Crippen molar-refractivity contribution in [1.82, 2.24) is 20.2 Å². The monoisotopic (exact) mass is 374 g/mol. The van der Waals surface area contributed by atoms with Crippen LogP contribution in [-0.2, 0) is 6.54 Å². The Morgan fingerprint density at radius 3 is 2.57 bits per heavy atom. The van der Waals surface area contributed by atoms with E-state index in [9.17, 15) is 0 Å². The van der Waals surface area contributed by atoms with Crippen molar-refractivity contribution >= 4 is 15.9 Å². The molecule has 1 aromatic heterocycles. The lowest BCUT2D eigenvalue weighted by Crippen LogP contribution is -2.04. The van der Waals surface area contributed by atoms with Crippen LogP contribution in [0.15, 0.2) is 46.9 Å². The molecule has 0 bridgehead atoms. The summed E-state index contributed by atoms with van der Waals surface area (Å²) in [5, 5.41) is 12.6. The van der Waals surface area contributed by atoms with Crippen molar-refractivity contribution in [3.63, 3.8) is 0 Å². The minimum atomic E-state index is 0.540. The Kier molecular flexibility index (Phi) is 4.57. The number of hydrogen-bond acceptors (Lipinski definition) is 5. The van der Waals surface area contributed by atoms with Crippen LogP contribution < -0.4 is 9.47 Å². The Morgan fingerprint density at radius 2 is 1.83 bits per heavy atom. The zero-order valence-corrected chi connectivity index (χ0v) is 14.3. The first-order valence-corrected chi connectivity index (χ1v) is 7.74. The summed E-state index contributed by atoms with van der Waals surface area (Å²) in [6.07, 6.45) is 0. The molecule has 6 nitrogen and oxygen atoms in total. The molecule has 0 unspecified atom stereocenters. The quantitative estimate of drug-likeness (QED) is 0.686. The Morgan fingerprint density at radius 1 is 1.04 bits per heavy atom. The number of aromatic nitrogens is 4. The maximum atomic E-state index is 5.30. The van der Waals surface area contributed by atoms with E-state index in [2.05, 4.69) is 31.3 Å². The molecular formula is C16H15BrN4O2. The molecule has 0 fully saturated rings. The van der Waals surface area contributed by atoms with Crippen LogP contribution in [0.2, 0.25) is 0 Å². The maximum absolute atomic E-state index is 5.30. The third-order valence-electron chi connectivity index (χ3n) is 3.36. The van der Waals surface area contributed by atoms with E-state index in [4.69, 9.17) is 9.47 Å². The van der Waals surface area contributed by atoms with Gasteiger partial charge in [0.05, 0.1) is 20.8 Å². The van der Waals surface area contributed by atoms with Crippen molar-refractivity contribution in [1.29, 1.82) is 0 Å². The van der Waals surface area contributed by atoms with Gasteiger partial charge < -0.3 is 9.47 Å². The number of halogens is 1. The molecule has 0 saturated carbocycles. The fourth-order valence-corrected chi connectivity index (χ4v) is 2.59. The average molecular weight is 375 g/mol. The van der Waals surface area contributed by atoms with Gasteiger partial charge in [-0.3, -0.25) is 0 Å². The molecule has 0 aliphatic carbocycles. The van der Waals surface area contributed by atoms with Gasteiger partial charge in [-0.05, 0) is 35.0 Å². The summed E-state index contributed by atoms with van der Waals surface area (Å²) >= 11 is 3.52. The summed E-state index contributed by atoms with van der Waals surface area (Å²) in [6.45, 7) is 0.543. The topological polar surface area (TPSA) is 62.1 Å². The molecule has 0 atom stereocenters. The number of benzene rings is 2. The zero-order valence-electron chi connectivity index (χ0n) is 12.7. The van der Waals surface area contributed by atoms with E-state index < -0.39 is 0 Å². The molecule has 0 N–H and O–H groups in total. The molecule has 0 saturated heterocycles. The number of hydrogen-bond donors (Lipinski definition) is 0. The summed E-state index contributed by atoms with van der Waals surface area (Å²) in [4.78, 5) is 1.56. The van der Waals surface area contributed by atoms with Gasteiger partial charge in [-0.2, -0.15) is 4.80 Å². The van der Waals surface area contributed by atoms with Crippen molar-refractivity contribution < 1.29 is 9.47 Å². The third kappa shape index (κ3) is 3.34. The molecule has 0 spiro atoms. The van der Waals surface area contributed by atoms with Crippen LogP contribution in [0.25, 0.3) is 11.4 Å².